The van der Waals surface area contributed by atoms with Gasteiger partial charge in [-0.25, -0.2) is 4.98 Å². The second-order valence-electron chi connectivity index (χ2n) is 7.54. The van der Waals surface area contributed by atoms with Gasteiger partial charge in [-0.15, -0.1) is 11.3 Å². The number of benzene rings is 2. The molecule has 0 bridgehead atoms. The second kappa shape index (κ2) is 7.40. The molecular weight excluding hydrogens is 386 g/mol. The standard InChI is InChI=1S/C22H21N3O3S/c1-13-5-8-16(9-6-13)18-12-29-22(23-18)24(19-10-14(2)4-7-15(19)3)21(26)17-11-20(17)25(27)28/h4-10,12,17,20H,11H2,1-3H3. The van der Waals surface area contributed by atoms with E-state index < -0.39 is 12.0 Å². The lowest BCUT2D eigenvalue weighted by Gasteiger charge is -2.22. The predicted octanol–water partition coefficient (Wildman–Crippen LogP) is 5.07. The lowest BCUT2D eigenvalue weighted by Crippen LogP contribution is -2.30. The Labute approximate surface area is 173 Å². The highest BCUT2D eigenvalue weighted by atomic mass is 32.1. The summed E-state index contributed by atoms with van der Waals surface area (Å²) in [6, 6.07) is 13.1. The van der Waals surface area contributed by atoms with Crippen molar-refractivity contribution in [2.24, 2.45) is 5.92 Å². The largest absolute Gasteiger partial charge is 0.273 e. The number of carbonyl (C=O) groups is 1. The summed E-state index contributed by atoms with van der Waals surface area (Å²) in [7, 11) is 0. The van der Waals surface area contributed by atoms with Gasteiger partial charge in [0.15, 0.2) is 5.13 Å². The fourth-order valence-corrected chi connectivity index (χ4v) is 4.20. The molecule has 1 heterocycles. The Balaban J connectivity index is 1.75. The number of anilines is 2. The number of nitro groups is 1. The van der Waals surface area contributed by atoms with Crippen LogP contribution in [0.1, 0.15) is 23.1 Å². The van der Waals surface area contributed by atoms with Crippen molar-refractivity contribution in [1.82, 2.24) is 4.98 Å². The summed E-state index contributed by atoms with van der Waals surface area (Å²) in [4.78, 5) is 30.3. The van der Waals surface area contributed by atoms with E-state index in [0.29, 0.717) is 5.13 Å². The SMILES string of the molecule is Cc1ccc(-c2csc(N(C(=O)C3CC3[N+](=O)[O-])c3cc(C)ccc3C)n2)cc1. The fraction of sp³-hybridized carbons (Fsp3) is 0.273. The molecule has 0 aliphatic heterocycles. The molecule has 0 N–H and O–H groups in total. The minimum atomic E-state index is -0.799. The van der Waals surface area contributed by atoms with Crippen LogP contribution < -0.4 is 4.90 Å². The number of aryl methyl sites for hydroxylation is 3. The van der Waals surface area contributed by atoms with Crippen molar-refractivity contribution in [2.45, 2.75) is 33.2 Å². The van der Waals surface area contributed by atoms with Crippen LogP contribution in [-0.2, 0) is 4.79 Å². The van der Waals surface area contributed by atoms with E-state index in [1.807, 2.05) is 68.6 Å². The Morgan fingerprint density at radius 2 is 1.83 bits per heavy atom. The summed E-state index contributed by atoms with van der Waals surface area (Å²) in [5.41, 5.74) is 5.59. The second-order valence-corrected chi connectivity index (χ2v) is 8.38. The van der Waals surface area contributed by atoms with Crippen molar-refractivity contribution in [2.75, 3.05) is 4.90 Å². The van der Waals surface area contributed by atoms with Gasteiger partial charge in [0.2, 0.25) is 11.9 Å². The molecule has 3 aromatic rings. The first kappa shape index (κ1) is 19.3. The van der Waals surface area contributed by atoms with E-state index in [0.717, 1.165) is 33.6 Å². The molecule has 0 spiro atoms. The molecule has 29 heavy (non-hydrogen) atoms. The summed E-state index contributed by atoms with van der Waals surface area (Å²) < 4.78 is 0. The van der Waals surface area contributed by atoms with Crippen molar-refractivity contribution in [3.8, 4) is 11.3 Å². The molecule has 2 atom stereocenters. The van der Waals surface area contributed by atoms with E-state index in [-0.39, 0.29) is 17.3 Å². The molecule has 1 aliphatic rings. The first-order chi connectivity index (χ1) is 13.8. The Hall–Kier alpha value is -3.06. The van der Waals surface area contributed by atoms with Gasteiger partial charge in [-0.05, 0) is 38.0 Å². The van der Waals surface area contributed by atoms with Gasteiger partial charge in [-0.3, -0.25) is 19.8 Å². The van der Waals surface area contributed by atoms with Gasteiger partial charge in [-0.2, -0.15) is 0 Å². The van der Waals surface area contributed by atoms with Crippen molar-refractivity contribution in [3.63, 3.8) is 0 Å². The molecular formula is C22H21N3O3S. The number of aromatic nitrogens is 1. The zero-order valence-electron chi connectivity index (χ0n) is 16.5. The normalized spacial score (nSPS) is 17.8. The average molecular weight is 407 g/mol. The molecule has 0 saturated heterocycles. The van der Waals surface area contributed by atoms with Gasteiger partial charge < -0.3 is 0 Å². The van der Waals surface area contributed by atoms with Gasteiger partial charge in [0.25, 0.3) is 0 Å². The summed E-state index contributed by atoms with van der Waals surface area (Å²) in [5, 5.41) is 13.6. The summed E-state index contributed by atoms with van der Waals surface area (Å²) in [6.07, 6.45) is 0.281. The van der Waals surface area contributed by atoms with Crippen molar-refractivity contribution >= 4 is 28.1 Å². The van der Waals surface area contributed by atoms with Crippen LogP contribution in [0.4, 0.5) is 10.8 Å². The molecule has 148 valence electrons. The summed E-state index contributed by atoms with van der Waals surface area (Å²) in [5.74, 6) is -0.859. The van der Waals surface area contributed by atoms with Crippen LogP contribution in [0.2, 0.25) is 0 Å². The fourth-order valence-electron chi connectivity index (χ4n) is 3.35. The molecule has 2 unspecified atom stereocenters. The van der Waals surface area contributed by atoms with Gasteiger partial charge >= 0.3 is 0 Å². The third kappa shape index (κ3) is 3.78. The molecule has 1 fully saturated rings. The highest BCUT2D eigenvalue weighted by Gasteiger charge is 2.55. The Kier molecular flexibility index (Phi) is 4.92. The van der Waals surface area contributed by atoms with Crippen LogP contribution >= 0.6 is 11.3 Å². The zero-order valence-corrected chi connectivity index (χ0v) is 17.3. The quantitative estimate of drug-likeness (QED) is 0.437. The smallest absolute Gasteiger partial charge is 0.243 e. The molecule has 7 heteroatoms. The van der Waals surface area contributed by atoms with Crippen molar-refractivity contribution in [3.05, 3.63) is 74.6 Å². The zero-order chi connectivity index (χ0) is 20.7. The average Bonchev–Trinajstić information content (AvgIpc) is 3.37. The monoisotopic (exact) mass is 407 g/mol. The first-order valence-electron chi connectivity index (χ1n) is 9.42. The lowest BCUT2D eigenvalue weighted by atomic mass is 10.1. The van der Waals surface area contributed by atoms with Crippen LogP contribution in [-0.4, -0.2) is 21.9 Å². The van der Waals surface area contributed by atoms with E-state index >= 15 is 0 Å². The molecule has 0 radical (unpaired) electrons. The molecule has 6 nitrogen and oxygen atoms in total. The number of amides is 1. The van der Waals surface area contributed by atoms with E-state index in [1.165, 1.54) is 11.3 Å². The predicted molar refractivity (Wildman–Crippen MR) is 114 cm³/mol. The third-order valence-electron chi connectivity index (χ3n) is 5.20. The number of rotatable bonds is 5. The van der Waals surface area contributed by atoms with Crippen LogP contribution in [0.5, 0.6) is 0 Å². The number of hydrogen-bond acceptors (Lipinski definition) is 5. The van der Waals surface area contributed by atoms with E-state index in [2.05, 4.69) is 0 Å². The third-order valence-corrected chi connectivity index (χ3v) is 6.03. The molecule has 1 aliphatic carbocycles. The number of hydrogen-bond donors (Lipinski definition) is 0. The topological polar surface area (TPSA) is 76.3 Å². The van der Waals surface area contributed by atoms with Crippen LogP contribution in [0.3, 0.4) is 0 Å². The lowest BCUT2D eigenvalue weighted by molar-refractivity contribution is -0.497. The van der Waals surface area contributed by atoms with Crippen molar-refractivity contribution in [1.29, 1.82) is 0 Å². The first-order valence-corrected chi connectivity index (χ1v) is 10.3. The summed E-state index contributed by atoms with van der Waals surface area (Å²) >= 11 is 1.37. The van der Waals surface area contributed by atoms with Crippen LogP contribution in [0.15, 0.2) is 47.8 Å². The number of thiazole rings is 1. The Morgan fingerprint density at radius 1 is 1.14 bits per heavy atom. The molecule has 1 amide bonds. The summed E-state index contributed by atoms with van der Waals surface area (Å²) in [6.45, 7) is 5.92. The molecule has 4 rings (SSSR count). The van der Waals surface area contributed by atoms with Crippen LogP contribution in [0, 0.1) is 36.8 Å². The van der Waals surface area contributed by atoms with Crippen LogP contribution in [0.25, 0.3) is 11.3 Å². The minimum Gasteiger partial charge on any atom is -0.273 e. The molecule has 1 saturated carbocycles. The maximum atomic E-state index is 13.3. The number of carbonyl (C=O) groups excluding carboxylic acids is 1. The maximum absolute atomic E-state index is 13.3. The Morgan fingerprint density at radius 3 is 2.48 bits per heavy atom. The highest BCUT2D eigenvalue weighted by Crippen LogP contribution is 2.41. The van der Waals surface area contributed by atoms with Gasteiger partial charge in [0.05, 0.1) is 11.4 Å². The van der Waals surface area contributed by atoms with E-state index in [1.54, 1.807) is 4.90 Å². The van der Waals surface area contributed by atoms with Gasteiger partial charge in [0, 0.05) is 22.3 Å². The van der Waals surface area contributed by atoms with E-state index in [9.17, 15) is 14.9 Å². The highest BCUT2D eigenvalue weighted by molar-refractivity contribution is 7.14. The van der Waals surface area contributed by atoms with E-state index in [4.69, 9.17) is 4.98 Å². The Bertz CT molecular complexity index is 1090. The molecule has 1 aromatic heterocycles. The molecule has 2 aromatic carbocycles. The number of nitrogens with zero attached hydrogens (tertiary/aromatic N) is 3. The van der Waals surface area contributed by atoms with Crippen molar-refractivity contribution < 1.29 is 9.72 Å². The van der Waals surface area contributed by atoms with Gasteiger partial charge in [0.1, 0.15) is 5.92 Å². The minimum absolute atomic E-state index is 0.259. The van der Waals surface area contributed by atoms with Gasteiger partial charge in [-0.1, -0.05) is 42.0 Å². The maximum Gasteiger partial charge on any atom is 0.243 e.